The van der Waals surface area contributed by atoms with E-state index in [0.29, 0.717) is 6.61 Å². The molecule has 0 aliphatic heterocycles. The Morgan fingerprint density at radius 2 is 1.67 bits per heavy atom. The Bertz CT molecular complexity index is 1330. The molecule has 0 unspecified atom stereocenters. The fourth-order valence-corrected chi connectivity index (χ4v) is 4.21. The van der Waals surface area contributed by atoms with E-state index in [1.165, 1.54) is 16.6 Å². The van der Waals surface area contributed by atoms with E-state index in [-0.39, 0.29) is 6.73 Å². The van der Waals surface area contributed by atoms with Crippen LogP contribution in [-0.2, 0) is 19.1 Å². The molecule has 7 nitrogen and oxygen atoms in total. The van der Waals surface area contributed by atoms with Crippen LogP contribution in [0.15, 0.2) is 96.2 Å². The lowest BCUT2D eigenvalue weighted by atomic mass is 10.2. The summed E-state index contributed by atoms with van der Waals surface area (Å²) in [7, 11) is 0. The predicted molar refractivity (Wildman–Crippen MR) is 127 cm³/mol. The summed E-state index contributed by atoms with van der Waals surface area (Å²) in [6, 6.07) is 28.3. The van der Waals surface area contributed by atoms with Crippen LogP contribution in [0.4, 0.5) is 0 Å². The van der Waals surface area contributed by atoms with Crippen LogP contribution in [-0.4, -0.2) is 25.2 Å². The molecule has 0 spiro atoms. The Morgan fingerprint density at radius 3 is 2.55 bits per heavy atom. The highest BCUT2D eigenvalue weighted by Crippen LogP contribution is 2.32. The highest BCUT2D eigenvalue weighted by molar-refractivity contribution is 7.98. The molecule has 0 amide bonds. The third-order valence-corrected chi connectivity index (χ3v) is 6.08. The van der Waals surface area contributed by atoms with E-state index in [1.807, 2.05) is 54.6 Å². The molecule has 33 heavy (non-hydrogen) atoms. The van der Waals surface area contributed by atoms with Crippen LogP contribution in [0, 0.1) is 0 Å². The van der Waals surface area contributed by atoms with Crippen molar-refractivity contribution in [2.75, 3.05) is 0 Å². The van der Waals surface area contributed by atoms with Gasteiger partial charge in [0.25, 0.3) is 0 Å². The summed E-state index contributed by atoms with van der Waals surface area (Å²) in [6.45, 7) is 0.702. The van der Waals surface area contributed by atoms with E-state index in [0.717, 1.165) is 38.7 Å². The quantitative estimate of drug-likeness (QED) is 0.285. The first-order valence-corrected chi connectivity index (χ1v) is 11.4. The van der Waals surface area contributed by atoms with Crippen molar-refractivity contribution < 1.29 is 9.47 Å². The van der Waals surface area contributed by atoms with Gasteiger partial charge in [0.2, 0.25) is 0 Å². The third-order valence-electron chi connectivity index (χ3n) is 4.95. The molecular formula is C25H21N5O2S. The summed E-state index contributed by atoms with van der Waals surface area (Å²) in [5, 5.41) is 12.1. The molecular weight excluding hydrogens is 434 g/mol. The Labute approximate surface area is 195 Å². The van der Waals surface area contributed by atoms with Gasteiger partial charge in [-0.1, -0.05) is 48.5 Å². The average molecular weight is 456 g/mol. The normalized spacial score (nSPS) is 10.9. The maximum Gasteiger partial charge on any atom is 0.184 e. The number of hydrogen-bond acceptors (Lipinski definition) is 7. The smallest absolute Gasteiger partial charge is 0.184 e. The summed E-state index contributed by atoms with van der Waals surface area (Å²) in [5.41, 5.74) is 3.08. The number of hydrogen-bond donors (Lipinski definition) is 0. The number of nitrogens with zero attached hydrogens (tertiary/aromatic N) is 5. The van der Waals surface area contributed by atoms with Crippen LogP contribution in [0.1, 0.15) is 11.3 Å². The second-order valence-electron chi connectivity index (χ2n) is 7.29. The number of fused-ring (bicyclic) bond motifs is 1. The summed E-state index contributed by atoms with van der Waals surface area (Å²) >= 11 is 1.74. The number of para-hydroxylation sites is 2. The van der Waals surface area contributed by atoms with Gasteiger partial charge in [0.15, 0.2) is 6.73 Å². The summed E-state index contributed by atoms with van der Waals surface area (Å²) < 4.78 is 13.3. The van der Waals surface area contributed by atoms with Crippen LogP contribution in [0.25, 0.3) is 10.9 Å². The van der Waals surface area contributed by atoms with E-state index in [2.05, 4.69) is 45.9 Å². The Kier molecular flexibility index (Phi) is 6.44. The lowest BCUT2D eigenvalue weighted by Crippen LogP contribution is -2.05. The van der Waals surface area contributed by atoms with Crippen LogP contribution >= 0.6 is 11.8 Å². The van der Waals surface area contributed by atoms with E-state index < -0.39 is 0 Å². The van der Waals surface area contributed by atoms with Crippen LogP contribution in [0.5, 0.6) is 11.5 Å². The minimum absolute atomic E-state index is 0.276. The zero-order valence-corrected chi connectivity index (χ0v) is 18.6. The molecule has 8 heteroatoms. The number of ether oxygens (including phenoxy) is 2. The molecule has 164 valence electrons. The number of benzene rings is 3. The zero-order valence-electron chi connectivity index (χ0n) is 17.7. The van der Waals surface area contributed by atoms with Gasteiger partial charge in [-0.15, -0.1) is 16.9 Å². The van der Waals surface area contributed by atoms with E-state index in [4.69, 9.17) is 14.5 Å². The first-order valence-electron chi connectivity index (χ1n) is 10.5. The number of pyridine rings is 1. The van der Waals surface area contributed by atoms with Crippen molar-refractivity contribution in [1.29, 1.82) is 0 Å². The number of tetrazole rings is 1. The Balaban J connectivity index is 1.18. The lowest BCUT2D eigenvalue weighted by molar-refractivity contribution is 0.218. The minimum Gasteiger partial charge on any atom is -0.486 e. The maximum atomic E-state index is 6.13. The Hall–Kier alpha value is -3.91. The second kappa shape index (κ2) is 10.1. The summed E-state index contributed by atoms with van der Waals surface area (Å²) in [4.78, 5) is 5.79. The predicted octanol–water partition coefficient (Wildman–Crippen LogP) is 5.13. The van der Waals surface area contributed by atoms with Gasteiger partial charge in [-0.3, -0.25) is 0 Å². The molecule has 0 bridgehead atoms. The van der Waals surface area contributed by atoms with Gasteiger partial charge in [-0.2, -0.15) is 4.68 Å². The molecule has 0 N–H and O–H groups in total. The van der Waals surface area contributed by atoms with Crippen molar-refractivity contribution >= 4 is 22.7 Å². The van der Waals surface area contributed by atoms with Gasteiger partial charge >= 0.3 is 0 Å². The third kappa shape index (κ3) is 5.48. The fraction of sp³-hybridized carbons (Fsp3) is 0.120. The zero-order chi connectivity index (χ0) is 22.3. The molecule has 2 aromatic heterocycles. The molecule has 0 fully saturated rings. The van der Waals surface area contributed by atoms with Crippen molar-refractivity contribution in [3.05, 3.63) is 103 Å². The minimum atomic E-state index is 0.276. The summed E-state index contributed by atoms with van der Waals surface area (Å²) in [6.07, 6.45) is 1.51. The number of thioether (sulfide) groups is 1. The van der Waals surface area contributed by atoms with Gasteiger partial charge in [0, 0.05) is 16.0 Å². The van der Waals surface area contributed by atoms with E-state index in [1.54, 1.807) is 11.8 Å². The molecule has 0 atom stereocenters. The first kappa shape index (κ1) is 21.0. The maximum absolute atomic E-state index is 6.13. The number of aromatic nitrogens is 5. The molecule has 0 radical (unpaired) electrons. The molecule has 5 rings (SSSR count). The molecule has 0 aliphatic carbocycles. The first-order chi connectivity index (χ1) is 16.3. The lowest BCUT2D eigenvalue weighted by Gasteiger charge is -2.12. The fourth-order valence-electron chi connectivity index (χ4n) is 3.25. The topological polar surface area (TPSA) is 75.0 Å². The molecule has 2 heterocycles. The SMILES string of the molecule is c1ccc(SCc2ccc(OCn3cnnn3)cc2)c(OCc2ccc3ccccc3n2)c1. The molecule has 0 aliphatic rings. The van der Waals surface area contributed by atoms with Gasteiger partial charge in [-0.25, -0.2) is 4.98 Å². The van der Waals surface area contributed by atoms with Crippen LogP contribution < -0.4 is 9.47 Å². The van der Waals surface area contributed by atoms with Crippen LogP contribution in [0.2, 0.25) is 0 Å². The second-order valence-corrected chi connectivity index (χ2v) is 8.30. The summed E-state index contributed by atoms with van der Waals surface area (Å²) in [5.74, 6) is 2.45. The van der Waals surface area contributed by atoms with Crippen molar-refractivity contribution in [1.82, 2.24) is 25.2 Å². The van der Waals surface area contributed by atoms with Gasteiger partial charge < -0.3 is 9.47 Å². The highest BCUT2D eigenvalue weighted by atomic mass is 32.2. The molecule has 5 aromatic rings. The van der Waals surface area contributed by atoms with Gasteiger partial charge in [-0.05, 0) is 52.4 Å². The van der Waals surface area contributed by atoms with Crippen molar-refractivity contribution in [2.24, 2.45) is 0 Å². The van der Waals surface area contributed by atoms with Crippen molar-refractivity contribution in [3.8, 4) is 11.5 Å². The molecule has 0 saturated carbocycles. The highest BCUT2D eigenvalue weighted by Gasteiger charge is 2.07. The van der Waals surface area contributed by atoms with E-state index >= 15 is 0 Å². The average Bonchev–Trinajstić information content (AvgIpc) is 3.40. The van der Waals surface area contributed by atoms with Crippen LogP contribution in [0.3, 0.4) is 0 Å². The molecule has 3 aromatic carbocycles. The molecule has 0 saturated heterocycles. The largest absolute Gasteiger partial charge is 0.486 e. The van der Waals surface area contributed by atoms with Gasteiger partial charge in [0.05, 0.1) is 11.2 Å². The standard InChI is InChI=1S/C25H21N5O2S/c1-2-6-23-20(5-1)11-12-21(27-23)15-31-24-7-3-4-8-25(24)33-16-19-9-13-22(14-10-19)32-18-30-17-26-28-29-30/h1-14,17H,15-16,18H2. The van der Waals surface area contributed by atoms with Gasteiger partial charge in [0.1, 0.15) is 24.4 Å². The van der Waals surface area contributed by atoms with Crippen molar-refractivity contribution in [2.45, 2.75) is 24.0 Å². The van der Waals surface area contributed by atoms with E-state index in [9.17, 15) is 0 Å². The van der Waals surface area contributed by atoms with Crippen molar-refractivity contribution in [3.63, 3.8) is 0 Å². The Morgan fingerprint density at radius 1 is 0.818 bits per heavy atom. The number of rotatable bonds is 9. The monoisotopic (exact) mass is 455 g/mol.